The fourth-order valence-corrected chi connectivity index (χ4v) is 1.85. The van der Waals surface area contributed by atoms with Gasteiger partial charge in [-0.25, -0.2) is 4.98 Å². The Hall–Kier alpha value is -1.03. The van der Waals surface area contributed by atoms with E-state index in [1.165, 1.54) is 0 Å². The van der Waals surface area contributed by atoms with Crippen LogP contribution in [0.3, 0.4) is 0 Å². The number of nitrogens with zero attached hydrogens (tertiary/aromatic N) is 2. The number of aromatic nitrogens is 2. The van der Waals surface area contributed by atoms with Crippen molar-refractivity contribution in [1.29, 1.82) is 0 Å². The highest BCUT2D eigenvalue weighted by Gasteiger charge is 2.14. The molecular weight excluding hydrogens is 248 g/mol. The van der Waals surface area contributed by atoms with E-state index in [0.29, 0.717) is 28.7 Å². The van der Waals surface area contributed by atoms with Crippen LogP contribution in [0.5, 0.6) is 0 Å². The topological polar surface area (TPSA) is 49.8 Å². The minimum atomic E-state index is 0.372. The van der Waals surface area contributed by atoms with Crippen molar-refractivity contribution < 1.29 is 0 Å². The molecule has 0 radical (unpaired) electrons. The third-order valence-corrected chi connectivity index (χ3v) is 3.12. The van der Waals surface area contributed by atoms with Crippen molar-refractivity contribution in [3.05, 3.63) is 11.2 Å². The molecule has 0 aliphatic carbocycles. The van der Waals surface area contributed by atoms with Gasteiger partial charge in [0, 0.05) is 12.6 Å². The highest BCUT2D eigenvalue weighted by Crippen LogP contribution is 2.22. The summed E-state index contributed by atoms with van der Waals surface area (Å²) in [5.74, 6) is 1.88. The van der Waals surface area contributed by atoms with E-state index in [-0.39, 0.29) is 0 Å². The smallest absolute Gasteiger partial charge is 0.224 e. The van der Waals surface area contributed by atoms with Crippen molar-refractivity contribution in [1.82, 2.24) is 9.97 Å². The number of rotatable bonds is 7. The Labute approximate surface area is 115 Å². The Balaban J connectivity index is 2.79. The quantitative estimate of drug-likeness (QED) is 0.791. The van der Waals surface area contributed by atoms with Gasteiger partial charge in [0.05, 0.1) is 6.20 Å². The Kier molecular flexibility index (Phi) is 6.19. The summed E-state index contributed by atoms with van der Waals surface area (Å²) in [6, 6.07) is 0.372. The third-order valence-electron chi connectivity index (χ3n) is 2.84. The lowest BCUT2D eigenvalue weighted by molar-refractivity contribution is 0.510. The van der Waals surface area contributed by atoms with Crippen LogP contribution >= 0.6 is 11.6 Å². The summed E-state index contributed by atoms with van der Waals surface area (Å²) in [5, 5.41) is 7.12. The summed E-state index contributed by atoms with van der Waals surface area (Å²) in [6.45, 7) is 9.50. The van der Waals surface area contributed by atoms with Gasteiger partial charge in [0.15, 0.2) is 5.82 Å². The van der Waals surface area contributed by atoms with Crippen LogP contribution in [0.25, 0.3) is 0 Å². The first-order valence-electron chi connectivity index (χ1n) is 6.61. The first-order chi connectivity index (χ1) is 8.58. The van der Waals surface area contributed by atoms with Crippen molar-refractivity contribution in [2.24, 2.45) is 5.92 Å². The van der Waals surface area contributed by atoms with Crippen LogP contribution in [-0.4, -0.2) is 22.6 Å². The van der Waals surface area contributed by atoms with Gasteiger partial charge in [0.1, 0.15) is 5.02 Å². The fourth-order valence-electron chi connectivity index (χ4n) is 1.71. The van der Waals surface area contributed by atoms with Gasteiger partial charge in [-0.15, -0.1) is 0 Å². The molecule has 0 aliphatic rings. The molecule has 1 unspecified atom stereocenters. The molecule has 0 saturated carbocycles. The molecule has 5 heteroatoms. The highest BCUT2D eigenvalue weighted by molar-refractivity contribution is 6.32. The van der Waals surface area contributed by atoms with Gasteiger partial charge in [-0.3, -0.25) is 0 Å². The molecule has 0 bridgehead atoms. The molecule has 0 saturated heterocycles. The van der Waals surface area contributed by atoms with E-state index >= 15 is 0 Å². The summed E-state index contributed by atoms with van der Waals surface area (Å²) >= 11 is 6.12. The summed E-state index contributed by atoms with van der Waals surface area (Å²) in [7, 11) is 0. The second kappa shape index (κ2) is 7.41. The lowest BCUT2D eigenvalue weighted by Crippen LogP contribution is -2.25. The van der Waals surface area contributed by atoms with Crippen LogP contribution in [0.2, 0.25) is 5.02 Å². The van der Waals surface area contributed by atoms with Crippen molar-refractivity contribution in [3.8, 4) is 0 Å². The highest BCUT2D eigenvalue weighted by atomic mass is 35.5. The van der Waals surface area contributed by atoms with E-state index in [1.54, 1.807) is 6.20 Å². The van der Waals surface area contributed by atoms with Crippen LogP contribution in [0.15, 0.2) is 6.20 Å². The second-order valence-corrected chi connectivity index (χ2v) is 5.13. The molecule has 0 aromatic carbocycles. The maximum atomic E-state index is 6.12. The Morgan fingerprint density at radius 1 is 1.33 bits per heavy atom. The molecule has 4 nitrogen and oxygen atoms in total. The number of hydrogen-bond donors (Lipinski definition) is 2. The number of halogens is 1. The number of hydrogen-bond acceptors (Lipinski definition) is 4. The standard InChI is InChI=1S/C13H23ClN4/c1-5-7-15-13-16-8-10(14)12(18-13)17-11(6-2)9(3)4/h8-9,11H,5-7H2,1-4H3,(H2,15,16,17,18). The maximum absolute atomic E-state index is 6.12. The minimum Gasteiger partial charge on any atom is -0.366 e. The van der Waals surface area contributed by atoms with Crippen molar-refractivity contribution in [3.63, 3.8) is 0 Å². The number of anilines is 2. The van der Waals surface area contributed by atoms with Gasteiger partial charge < -0.3 is 10.6 Å². The molecule has 1 heterocycles. The predicted molar refractivity (Wildman–Crippen MR) is 78.4 cm³/mol. The Morgan fingerprint density at radius 3 is 2.61 bits per heavy atom. The predicted octanol–water partition coefficient (Wildman–Crippen LogP) is 3.80. The molecule has 1 rings (SSSR count). The SMILES string of the molecule is CCCNc1ncc(Cl)c(NC(CC)C(C)C)n1. The zero-order valence-electron chi connectivity index (χ0n) is 11.6. The molecule has 1 aromatic heterocycles. The molecule has 0 aliphatic heterocycles. The summed E-state index contributed by atoms with van der Waals surface area (Å²) < 4.78 is 0. The molecule has 102 valence electrons. The molecule has 0 amide bonds. The van der Waals surface area contributed by atoms with Crippen LogP contribution < -0.4 is 10.6 Å². The normalized spacial score (nSPS) is 12.6. The van der Waals surface area contributed by atoms with E-state index in [0.717, 1.165) is 19.4 Å². The summed E-state index contributed by atoms with van der Waals surface area (Å²) in [5.41, 5.74) is 0. The lowest BCUT2D eigenvalue weighted by Gasteiger charge is -2.22. The van der Waals surface area contributed by atoms with Gasteiger partial charge in [-0.2, -0.15) is 4.98 Å². The van der Waals surface area contributed by atoms with Crippen LogP contribution in [0.1, 0.15) is 40.5 Å². The maximum Gasteiger partial charge on any atom is 0.224 e. The van der Waals surface area contributed by atoms with E-state index < -0.39 is 0 Å². The van der Waals surface area contributed by atoms with Gasteiger partial charge in [-0.1, -0.05) is 39.3 Å². The average Bonchev–Trinajstić information content (AvgIpc) is 2.35. The van der Waals surface area contributed by atoms with E-state index in [4.69, 9.17) is 11.6 Å². The molecule has 2 N–H and O–H groups in total. The zero-order chi connectivity index (χ0) is 13.5. The van der Waals surface area contributed by atoms with Gasteiger partial charge in [0.25, 0.3) is 0 Å². The molecular formula is C13H23ClN4. The van der Waals surface area contributed by atoms with Crippen molar-refractivity contribution in [2.75, 3.05) is 17.2 Å². The summed E-state index contributed by atoms with van der Waals surface area (Å²) in [6.07, 6.45) is 3.72. The fraction of sp³-hybridized carbons (Fsp3) is 0.692. The van der Waals surface area contributed by atoms with Gasteiger partial charge in [0.2, 0.25) is 5.95 Å². The van der Waals surface area contributed by atoms with E-state index in [2.05, 4.69) is 48.3 Å². The summed E-state index contributed by atoms with van der Waals surface area (Å²) in [4.78, 5) is 8.57. The second-order valence-electron chi connectivity index (χ2n) is 4.72. The molecule has 0 fully saturated rings. The van der Waals surface area contributed by atoms with Crippen LogP contribution in [0.4, 0.5) is 11.8 Å². The number of nitrogens with one attached hydrogen (secondary N) is 2. The zero-order valence-corrected chi connectivity index (χ0v) is 12.4. The largest absolute Gasteiger partial charge is 0.366 e. The van der Waals surface area contributed by atoms with Crippen molar-refractivity contribution >= 4 is 23.4 Å². The van der Waals surface area contributed by atoms with Gasteiger partial charge >= 0.3 is 0 Å². The van der Waals surface area contributed by atoms with E-state index in [9.17, 15) is 0 Å². The Bertz CT molecular complexity index is 368. The molecule has 1 aromatic rings. The Morgan fingerprint density at radius 2 is 2.06 bits per heavy atom. The monoisotopic (exact) mass is 270 g/mol. The van der Waals surface area contributed by atoms with Crippen LogP contribution in [-0.2, 0) is 0 Å². The van der Waals surface area contributed by atoms with Gasteiger partial charge in [-0.05, 0) is 18.8 Å². The van der Waals surface area contributed by atoms with E-state index in [1.807, 2.05) is 0 Å². The molecule has 0 spiro atoms. The lowest BCUT2D eigenvalue weighted by atomic mass is 10.0. The van der Waals surface area contributed by atoms with Crippen LogP contribution in [0, 0.1) is 5.92 Å². The van der Waals surface area contributed by atoms with Crippen molar-refractivity contribution in [2.45, 2.75) is 46.6 Å². The minimum absolute atomic E-state index is 0.372. The molecule has 1 atom stereocenters. The molecule has 18 heavy (non-hydrogen) atoms. The first-order valence-corrected chi connectivity index (χ1v) is 6.99. The average molecular weight is 271 g/mol. The third kappa shape index (κ3) is 4.33. The first kappa shape index (κ1) is 15.0.